The van der Waals surface area contributed by atoms with Crippen LogP contribution in [0, 0.1) is 5.41 Å². The van der Waals surface area contributed by atoms with Gasteiger partial charge in [-0.15, -0.1) is 11.3 Å². The van der Waals surface area contributed by atoms with Crippen molar-refractivity contribution in [3.05, 3.63) is 14.7 Å². The monoisotopic (exact) mass is 383 g/mol. The van der Waals surface area contributed by atoms with Gasteiger partial charge in [-0.3, -0.25) is 0 Å². The van der Waals surface area contributed by atoms with Crippen LogP contribution in [-0.2, 0) is 10.0 Å². The average Bonchev–Trinajstić information content (AvgIpc) is 3.00. The van der Waals surface area contributed by atoms with Crippen molar-refractivity contribution in [2.24, 2.45) is 5.41 Å². The number of nitrogens with one attached hydrogen (secondary N) is 1. The zero-order valence-corrected chi connectivity index (χ0v) is 13.6. The molecule has 1 saturated carbocycles. The molecule has 0 atom stereocenters. The van der Waals surface area contributed by atoms with Crippen molar-refractivity contribution in [3.8, 4) is 0 Å². The van der Waals surface area contributed by atoms with E-state index in [-0.39, 0.29) is 32.1 Å². The van der Waals surface area contributed by atoms with Gasteiger partial charge in [-0.2, -0.15) is 0 Å². The molecule has 0 aliphatic heterocycles. The van der Waals surface area contributed by atoms with Gasteiger partial charge in [0.25, 0.3) is 0 Å². The summed E-state index contributed by atoms with van der Waals surface area (Å²) in [7, 11) is -3.75. The van der Waals surface area contributed by atoms with E-state index in [0.717, 1.165) is 30.2 Å². The van der Waals surface area contributed by atoms with Crippen LogP contribution < -0.4 is 4.72 Å². The third-order valence-electron chi connectivity index (χ3n) is 3.39. The third-order valence-corrected chi connectivity index (χ3v) is 7.03. The Hall–Kier alpha value is -0.480. The molecule has 0 aromatic carbocycles. The first kappa shape index (κ1) is 15.9. The fourth-order valence-electron chi connectivity index (χ4n) is 1.90. The van der Waals surface area contributed by atoms with Crippen LogP contribution in [0.25, 0.3) is 0 Å². The van der Waals surface area contributed by atoms with Crippen molar-refractivity contribution in [1.29, 1.82) is 0 Å². The number of aliphatic hydroxyl groups is 1. The van der Waals surface area contributed by atoms with Crippen molar-refractivity contribution in [1.82, 2.24) is 4.72 Å². The highest BCUT2D eigenvalue weighted by atomic mass is 79.9. The lowest BCUT2D eigenvalue weighted by atomic mass is 10.0. The van der Waals surface area contributed by atoms with Crippen LogP contribution in [0.15, 0.2) is 14.7 Å². The minimum Gasteiger partial charge on any atom is -0.477 e. The molecule has 1 fully saturated rings. The number of carbonyl (C=O) groups is 1. The van der Waals surface area contributed by atoms with E-state index in [9.17, 15) is 13.2 Å². The van der Waals surface area contributed by atoms with Crippen LogP contribution in [0.3, 0.4) is 0 Å². The maximum absolute atomic E-state index is 12.2. The molecule has 0 unspecified atom stereocenters. The number of carboxylic acids is 1. The van der Waals surface area contributed by atoms with E-state index in [4.69, 9.17) is 10.2 Å². The lowest BCUT2D eigenvalue weighted by molar-refractivity contribution is 0.0702. The Bertz CT molecular complexity index is 621. The fourth-order valence-corrected chi connectivity index (χ4v) is 5.45. The Labute approximate surface area is 129 Å². The fraction of sp³-hybridized carbons (Fsp3) is 0.545. The van der Waals surface area contributed by atoms with E-state index in [2.05, 4.69) is 20.7 Å². The van der Waals surface area contributed by atoms with Gasteiger partial charge in [0.1, 0.15) is 9.77 Å². The van der Waals surface area contributed by atoms with E-state index in [1.807, 2.05) is 0 Å². The number of halogens is 1. The third kappa shape index (κ3) is 3.40. The van der Waals surface area contributed by atoms with E-state index in [1.165, 1.54) is 0 Å². The average molecular weight is 384 g/mol. The molecule has 20 heavy (non-hydrogen) atoms. The van der Waals surface area contributed by atoms with Crippen LogP contribution in [0.4, 0.5) is 0 Å². The number of hydrogen-bond acceptors (Lipinski definition) is 5. The Morgan fingerprint density at radius 2 is 2.15 bits per heavy atom. The number of carboxylic acid groups (broad SMARTS) is 1. The summed E-state index contributed by atoms with van der Waals surface area (Å²) in [6.45, 7) is 0.299. The molecule has 0 radical (unpaired) electrons. The van der Waals surface area contributed by atoms with E-state index < -0.39 is 16.0 Å². The topological polar surface area (TPSA) is 104 Å². The summed E-state index contributed by atoms with van der Waals surface area (Å²) in [4.78, 5) is 10.8. The van der Waals surface area contributed by atoms with Gasteiger partial charge in [0, 0.05) is 13.2 Å². The first-order chi connectivity index (χ1) is 9.30. The minimum atomic E-state index is -3.75. The number of thiophene rings is 1. The van der Waals surface area contributed by atoms with E-state index in [0.29, 0.717) is 6.42 Å². The normalized spacial score (nSPS) is 17.1. The Morgan fingerprint density at radius 1 is 1.50 bits per heavy atom. The predicted octanol–water partition coefficient (Wildman–Crippen LogP) is 1.65. The highest BCUT2D eigenvalue weighted by Gasteiger charge is 2.42. The predicted molar refractivity (Wildman–Crippen MR) is 77.5 cm³/mol. The number of aromatic carboxylic acids is 1. The lowest BCUT2D eigenvalue weighted by Crippen LogP contribution is -2.30. The standard InChI is InChI=1S/C11H14BrNO5S2/c12-9-8(5-7(19-9)10(15)16)20(17,18)13-6-11(1-2-11)3-4-14/h5,13-14H,1-4,6H2,(H,15,16). The first-order valence-corrected chi connectivity index (χ1v) is 9.02. The van der Waals surface area contributed by atoms with Crippen LogP contribution in [0.5, 0.6) is 0 Å². The molecule has 0 spiro atoms. The van der Waals surface area contributed by atoms with Gasteiger partial charge in [-0.25, -0.2) is 17.9 Å². The molecular formula is C11H14BrNO5S2. The molecule has 3 N–H and O–H groups in total. The summed E-state index contributed by atoms with van der Waals surface area (Å²) in [5.41, 5.74) is -0.139. The van der Waals surface area contributed by atoms with E-state index >= 15 is 0 Å². The molecule has 1 aromatic rings. The lowest BCUT2D eigenvalue weighted by Gasteiger charge is -2.14. The van der Waals surface area contributed by atoms with Crippen molar-refractivity contribution in [2.75, 3.05) is 13.2 Å². The Kier molecular flexibility index (Phi) is 4.55. The second kappa shape index (κ2) is 5.72. The van der Waals surface area contributed by atoms with Gasteiger partial charge in [0.2, 0.25) is 10.0 Å². The molecule has 0 saturated heterocycles. The molecule has 6 nitrogen and oxygen atoms in total. The summed E-state index contributed by atoms with van der Waals surface area (Å²) < 4.78 is 27.1. The molecule has 0 bridgehead atoms. The Balaban J connectivity index is 2.12. The van der Waals surface area contributed by atoms with Crippen LogP contribution in [0.2, 0.25) is 0 Å². The minimum absolute atomic E-state index is 0.0336. The van der Waals surface area contributed by atoms with Gasteiger partial charge < -0.3 is 10.2 Å². The largest absolute Gasteiger partial charge is 0.477 e. The number of sulfonamides is 1. The number of aliphatic hydroxyl groups excluding tert-OH is 1. The van der Waals surface area contributed by atoms with Crippen molar-refractivity contribution in [3.63, 3.8) is 0 Å². The van der Waals surface area contributed by atoms with Crippen LogP contribution in [-0.4, -0.2) is 37.8 Å². The summed E-state index contributed by atoms with van der Waals surface area (Å²) in [5, 5.41) is 17.8. The first-order valence-electron chi connectivity index (χ1n) is 5.93. The smallest absolute Gasteiger partial charge is 0.345 e. The maximum atomic E-state index is 12.2. The van der Waals surface area contributed by atoms with Gasteiger partial charge in [0.05, 0.1) is 3.79 Å². The van der Waals surface area contributed by atoms with Crippen molar-refractivity contribution >= 4 is 43.3 Å². The second-order valence-corrected chi connectivity index (χ2v) is 8.96. The molecule has 112 valence electrons. The summed E-state index contributed by atoms with van der Waals surface area (Å²) >= 11 is 3.95. The molecule has 0 amide bonds. The van der Waals surface area contributed by atoms with E-state index in [1.54, 1.807) is 0 Å². The van der Waals surface area contributed by atoms with Crippen LogP contribution in [0.1, 0.15) is 28.9 Å². The zero-order valence-electron chi connectivity index (χ0n) is 10.4. The number of rotatable bonds is 7. The SMILES string of the molecule is O=C(O)c1cc(S(=O)(=O)NCC2(CCO)CC2)c(Br)s1. The molecule has 1 aromatic heterocycles. The van der Waals surface area contributed by atoms with Gasteiger partial charge in [-0.1, -0.05) is 0 Å². The summed E-state index contributed by atoms with van der Waals surface area (Å²) in [6.07, 6.45) is 2.35. The van der Waals surface area contributed by atoms with Crippen LogP contribution >= 0.6 is 27.3 Å². The van der Waals surface area contributed by atoms with Crippen molar-refractivity contribution in [2.45, 2.75) is 24.2 Å². The quantitative estimate of drug-likeness (QED) is 0.663. The highest BCUT2D eigenvalue weighted by molar-refractivity contribution is 9.11. The molecule has 9 heteroatoms. The molecule has 2 rings (SSSR count). The Morgan fingerprint density at radius 3 is 2.60 bits per heavy atom. The molecular weight excluding hydrogens is 370 g/mol. The van der Waals surface area contributed by atoms with Gasteiger partial charge in [-0.05, 0) is 46.7 Å². The maximum Gasteiger partial charge on any atom is 0.345 e. The number of hydrogen-bond donors (Lipinski definition) is 3. The van der Waals surface area contributed by atoms with Crippen molar-refractivity contribution < 1.29 is 23.4 Å². The summed E-state index contributed by atoms with van der Waals surface area (Å²) in [6, 6.07) is 1.14. The molecule has 1 aliphatic carbocycles. The molecule has 1 heterocycles. The zero-order chi connectivity index (χ0) is 15.0. The summed E-state index contributed by atoms with van der Waals surface area (Å²) in [5.74, 6) is -1.16. The van der Waals surface area contributed by atoms with Gasteiger partial charge in [0.15, 0.2) is 0 Å². The second-order valence-electron chi connectivity index (χ2n) is 4.85. The highest BCUT2D eigenvalue weighted by Crippen LogP contribution is 2.48. The molecule has 1 aliphatic rings. The van der Waals surface area contributed by atoms with Gasteiger partial charge >= 0.3 is 5.97 Å².